The molecule has 0 saturated carbocycles. The lowest BCUT2D eigenvalue weighted by molar-refractivity contribution is -0.136. The summed E-state index contributed by atoms with van der Waals surface area (Å²) in [5, 5.41) is 9.00. The second-order valence-corrected chi connectivity index (χ2v) is 3.90. The predicted molar refractivity (Wildman–Crippen MR) is 64.9 cm³/mol. The Bertz CT molecular complexity index is 575. The van der Waals surface area contributed by atoms with Gasteiger partial charge in [0.1, 0.15) is 17.1 Å². The van der Waals surface area contributed by atoms with Crippen molar-refractivity contribution in [1.82, 2.24) is 9.97 Å². The number of rotatable bonds is 4. The molecule has 0 unspecified atom stereocenters. The summed E-state index contributed by atoms with van der Waals surface area (Å²) in [6.45, 7) is 0. The number of hydrogen-bond donors (Lipinski definition) is 1. The summed E-state index contributed by atoms with van der Waals surface area (Å²) in [6.07, 6.45) is 2.68. The maximum atomic E-state index is 10.6. The van der Waals surface area contributed by atoms with E-state index in [4.69, 9.17) is 21.4 Å². The van der Waals surface area contributed by atoms with Crippen molar-refractivity contribution in [3.63, 3.8) is 0 Å². The molecule has 1 heterocycles. The van der Waals surface area contributed by atoms with Crippen molar-refractivity contribution in [2.24, 2.45) is 0 Å². The highest BCUT2D eigenvalue weighted by Crippen LogP contribution is 2.26. The lowest BCUT2D eigenvalue weighted by Gasteiger charge is -2.06. The molecular formula is C12H9ClN2O3. The van der Waals surface area contributed by atoms with Crippen LogP contribution in [0, 0.1) is 0 Å². The highest BCUT2D eigenvalue weighted by Gasteiger charge is 2.06. The Morgan fingerprint density at radius 2 is 2.28 bits per heavy atom. The highest BCUT2D eigenvalue weighted by molar-refractivity contribution is 6.31. The first kappa shape index (κ1) is 12.3. The van der Waals surface area contributed by atoms with Crippen LogP contribution < -0.4 is 4.74 Å². The van der Waals surface area contributed by atoms with Crippen LogP contribution in [0.15, 0.2) is 36.8 Å². The second-order valence-electron chi connectivity index (χ2n) is 3.50. The molecule has 2 aromatic rings. The number of carbonyl (C=O) groups is 1. The van der Waals surface area contributed by atoms with Crippen molar-refractivity contribution in [1.29, 1.82) is 0 Å². The van der Waals surface area contributed by atoms with Crippen LogP contribution in [0.2, 0.25) is 5.02 Å². The van der Waals surface area contributed by atoms with Crippen molar-refractivity contribution < 1.29 is 14.6 Å². The number of carboxylic acid groups (broad SMARTS) is 1. The lowest BCUT2D eigenvalue weighted by atomic mass is 10.1. The van der Waals surface area contributed by atoms with Gasteiger partial charge in [0.15, 0.2) is 0 Å². The number of ether oxygens (including phenoxy) is 1. The van der Waals surface area contributed by atoms with Crippen LogP contribution >= 0.6 is 11.6 Å². The third-order valence-electron chi connectivity index (χ3n) is 2.10. The summed E-state index contributed by atoms with van der Waals surface area (Å²) in [6, 6.07) is 6.75. The van der Waals surface area contributed by atoms with Gasteiger partial charge in [-0.2, -0.15) is 0 Å². The Labute approximate surface area is 108 Å². The number of carboxylic acids is 1. The molecule has 0 radical (unpaired) electrons. The minimum absolute atomic E-state index is 0.0608. The summed E-state index contributed by atoms with van der Waals surface area (Å²) in [5.74, 6) is -0.180. The van der Waals surface area contributed by atoms with Gasteiger partial charge in [0, 0.05) is 0 Å². The van der Waals surface area contributed by atoms with E-state index in [9.17, 15) is 4.79 Å². The maximum Gasteiger partial charge on any atom is 0.307 e. The van der Waals surface area contributed by atoms with Gasteiger partial charge in [-0.1, -0.05) is 23.7 Å². The van der Waals surface area contributed by atoms with E-state index in [1.807, 2.05) is 0 Å². The number of aromatic nitrogens is 2. The molecule has 92 valence electrons. The van der Waals surface area contributed by atoms with Crippen molar-refractivity contribution >= 4 is 17.6 Å². The van der Waals surface area contributed by atoms with E-state index in [0.717, 1.165) is 0 Å². The van der Waals surface area contributed by atoms with Gasteiger partial charge in [-0.05, 0) is 17.7 Å². The number of aliphatic carboxylic acids is 1. The van der Waals surface area contributed by atoms with Crippen LogP contribution in [-0.4, -0.2) is 21.0 Å². The van der Waals surface area contributed by atoms with Crippen LogP contribution in [-0.2, 0) is 11.2 Å². The largest absolute Gasteiger partial charge is 0.481 e. The summed E-state index contributed by atoms with van der Waals surface area (Å²) in [5.41, 5.74) is 0.644. The quantitative estimate of drug-likeness (QED) is 0.919. The summed E-state index contributed by atoms with van der Waals surface area (Å²) in [7, 11) is 0. The molecule has 1 aromatic heterocycles. The van der Waals surface area contributed by atoms with Crippen molar-refractivity contribution in [3.8, 4) is 11.6 Å². The predicted octanol–water partition coefficient (Wildman–Crippen LogP) is 2.55. The van der Waals surface area contributed by atoms with Crippen molar-refractivity contribution in [3.05, 3.63) is 47.4 Å². The maximum absolute atomic E-state index is 10.6. The number of benzene rings is 1. The topological polar surface area (TPSA) is 72.3 Å². The van der Waals surface area contributed by atoms with E-state index in [-0.39, 0.29) is 12.3 Å². The molecule has 1 aromatic carbocycles. The van der Waals surface area contributed by atoms with E-state index >= 15 is 0 Å². The van der Waals surface area contributed by atoms with Gasteiger partial charge in [0.2, 0.25) is 5.88 Å². The monoisotopic (exact) mass is 264 g/mol. The summed E-state index contributed by atoms with van der Waals surface area (Å²) in [4.78, 5) is 18.2. The van der Waals surface area contributed by atoms with Crippen LogP contribution in [0.25, 0.3) is 0 Å². The van der Waals surface area contributed by atoms with Gasteiger partial charge in [0.05, 0.1) is 12.6 Å². The Hall–Kier alpha value is -2.14. The average Bonchev–Trinajstić information content (AvgIpc) is 2.32. The minimum atomic E-state index is -0.896. The highest BCUT2D eigenvalue weighted by atomic mass is 35.5. The summed E-state index contributed by atoms with van der Waals surface area (Å²) >= 11 is 5.85. The molecule has 0 saturated heterocycles. The van der Waals surface area contributed by atoms with Gasteiger partial charge in [-0.15, -0.1) is 0 Å². The summed E-state index contributed by atoms with van der Waals surface area (Å²) < 4.78 is 5.46. The smallest absolute Gasteiger partial charge is 0.307 e. The average molecular weight is 265 g/mol. The number of hydrogen-bond acceptors (Lipinski definition) is 4. The van der Waals surface area contributed by atoms with E-state index in [0.29, 0.717) is 16.3 Å². The Kier molecular flexibility index (Phi) is 3.74. The van der Waals surface area contributed by atoms with Crippen LogP contribution in [0.4, 0.5) is 0 Å². The minimum Gasteiger partial charge on any atom is -0.481 e. The molecule has 0 bridgehead atoms. The van der Waals surface area contributed by atoms with Crippen LogP contribution in [0.1, 0.15) is 5.56 Å². The Balaban J connectivity index is 2.19. The van der Waals surface area contributed by atoms with Crippen molar-refractivity contribution in [2.45, 2.75) is 6.42 Å². The molecule has 0 aliphatic carbocycles. The zero-order valence-corrected chi connectivity index (χ0v) is 9.96. The Morgan fingerprint density at radius 1 is 1.44 bits per heavy atom. The fraction of sp³-hybridized carbons (Fsp3) is 0.0833. The first-order valence-electron chi connectivity index (χ1n) is 5.09. The number of halogens is 1. The van der Waals surface area contributed by atoms with Gasteiger partial charge >= 0.3 is 5.97 Å². The molecule has 5 nitrogen and oxygen atoms in total. The fourth-order valence-electron chi connectivity index (χ4n) is 1.38. The van der Waals surface area contributed by atoms with E-state index in [1.165, 1.54) is 12.5 Å². The van der Waals surface area contributed by atoms with Crippen molar-refractivity contribution in [2.75, 3.05) is 0 Å². The molecule has 6 heteroatoms. The van der Waals surface area contributed by atoms with Crippen LogP contribution in [0.5, 0.6) is 11.6 Å². The third kappa shape index (κ3) is 3.18. The molecule has 2 rings (SSSR count). The van der Waals surface area contributed by atoms with E-state index < -0.39 is 5.97 Å². The molecule has 0 aliphatic rings. The molecule has 0 atom stereocenters. The van der Waals surface area contributed by atoms with Gasteiger partial charge in [-0.3, -0.25) is 4.79 Å². The zero-order valence-electron chi connectivity index (χ0n) is 9.21. The molecule has 18 heavy (non-hydrogen) atoms. The lowest BCUT2D eigenvalue weighted by Crippen LogP contribution is -2.00. The molecule has 0 spiro atoms. The number of nitrogens with zero attached hydrogens (tertiary/aromatic N) is 2. The Morgan fingerprint density at radius 3 is 3.00 bits per heavy atom. The first-order valence-corrected chi connectivity index (χ1v) is 5.47. The molecule has 0 aliphatic heterocycles. The van der Waals surface area contributed by atoms with Gasteiger partial charge in [0.25, 0.3) is 0 Å². The third-order valence-corrected chi connectivity index (χ3v) is 2.36. The fourth-order valence-corrected chi connectivity index (χ4v) is 1.53. The van der Waals surface area contributed by atoms with Crippen LogP contribution in [0.3, 0.4) is 0 Å². The molecular weight excluding hydrogens is 256 g/mol. The van der Waals surface area contributed by atoms with Gasteiger partial charge < -0.3 is 9.84 Å². The molecule has 1 N–H and O–H groups in total. The normalized spacial score (nSPS) is 10.1. The SMILES string of the molecule is O=C(O)Cc1cccc(Oc2ncncc2Cl)c1. The molecule has 0 fully saturated rings. The zero-order chi connectivity index (χ0) is 13.0. The second kappa shape index (κ2) is 5.46. The van der Waals surface area contributed by atoms with Gasteiger partial charge in [-0.25, -0.2) is 9.97 Å². The van der Waals surface area contributed by atoms with E-state index in [1.54, 1.807) is 24.3 Å². The van der Waals surface area contributed by atoms with E-state index in [2.05, 4.69) is 9.97 Å². The standard InChI is InChI=1S/C12H9ClN2O3/c13-10-6-14-7-15-12(10)18-9-3-1-2-8(4-9)5-11(16)17/h1-4,6-7H,5H2,(H,16,17). The molecule has 0 amide bonds. The first-order chi connectivity index (χ1) is 8.65.